The van der Waals surface area contributed by atoms with Gasteiger partial charge in [-0.3, -0.25) is 10.1 Å². The zero-order valence-corrected chi connectivity index (χ0v) is 9.48. The van der Waals surface area contributed by atoms with E-state index in [0.717, 1.165) is 5.56 Å². The highest BCUT2D eigenvalue weighted by molar-refractivity contribution is 9.10. The van der Waals surface area contributed by atoms with Crippen LogP contribution in [0.1, 0.15) is 11.5 Å². The minimum atomic E-state index is -0.467. The molecule has 6 heteroatoms. The fraction of sp³-hybridized carbons (Fsp3) is 0.333. The van der Waals surface area contributed by atoms with Crippen molar-refractivity contribution in [2.75, 3.05) is 13.2 Å². The lowest BCUT2D eigenvalue weighted by atomic mass is 10.00. The maximum Gasteiger partial charge on any atom is 0.270 e. The van der Waals surface area contributed by atoms with Crippen molar-refractivity contribution in [1.82, 2.24) is 0 Å². The van der Waals surface area contributed by atoms with E-state index in [1.807, 2.05) is 0 Å². The second-order valence-electron chi connectivity index (χ2n) is 3.08. The summed E-state index contributed by atoms with van der Waals surface area (Å²) in [5.41, 5.74) is 6.26. The summed E-state index contributed by atoms with van der Waals surface area (Å²) in [4.78, 5) is 10.0. The molecular weight excluding hydrogens is 264 g/mol. The SMILES string of the molecule is NCC(CO)c1ccc([N+](=O)[O-])cc1Br. The van der Waals surface area contributed by atoms with Crippen molar-refractivity contribution in [3.63, 3.8) is 0 Å². The van der Waals surface area contributed by atoms with E-state index in [1.54, 1.807) is 6.07 Å². The van der Waals surface area contributed by atoms with E-state index in [2.05, 4.69) is 15.9 Å². The van der Waals surface area contributed by atoms with Crippen LogP contribution in [0.5, 0.6) is 0 Å². The van der Waals surface area contributed by atoms with Gasteiger partial charge < -0.3 is 10.8 Å². The average molecular weight is 275 g/mol. The molecule has 0 amide bonds. The number of halogens is 1. The number of benzene rings is 1. The topological polar surface area (TPSA) is 89.4 Å². The monoisotopic (exact) mass is 274 g/mol. The molecule has 0 spiro atoms. The Morgan fingerprint density at radius 2 is 2.27 bits per heavy atom. The maximum atomic E-state index is 10.5. The van der Waals surface area contributed by atoms with Crippen LogP contribution in [-0.4, -0.2) is 23.2 Å². The molecule has 15 heavy (non-hydrogen) atoms. The van der Waals surface area contributed by atoms with Crippen molar-refractivity contribution in [2.24, 2.45) is 5.73 Å². The molecule has 0 aromatic heterocycles. The van der Waals surface area contributed by atoms with Gasteiger partial charge in [-0.25, -0.2) is 0 Å². The lowest BCUT2D eigenvalue weighted by molar-refractivity contribution is -0.384. The number of nitro benzene ring substituents is 1. The number of aliphatic hydroxyl groups excluding tert-OH is 1. The van der Waals surface area contributed by atoms with Gasteiger partial charge in [0.05, 0.1) is 11.5 Å². The van der Waals surface area contributed by atoms with Gasteiger partial charge in [0.1, 0.15) is 0 Å². The van der Waals surface area contributed by atoms with Crippen LogP contribution in [0, 0.1) is 10.1 Å². The van der Waals surface area contributed by atoms with E-state index < -0.39 is 4.92 Å². The van der Waals surface area contributed by atoms with Gasteiger partial charge in [0.25, 0.3) is 5.69 Å². The molecule has 3 N–H and O–H groups in total. The average Bonchev–Trinajstić information content (AvgIpc) is 2.21. The van der Waals surface area contributed by atoms with Gasteiger partial charge >= 0.3 is 0 Å². The zero-order valence-electron chi connectivity index (χ0n) is 7.89. The van der Waals surface area contributed by atoms with Crippen LogP contribution in [0.2, 0.25) is 0 Å². The van der Waals surface area contributed by atoms with Crippen LogP contribution in [0.15, 0.2) is 22.7 Å². The fourth-order valence-corrected chi connectivity index (χ4v) is 1.95. The van der Waals surface area contributed by atoms with Crippen LogP contribution < -0.4 is 5.73 Å². The zero-order chi connectivity index (χ0) is 11.4. The molecule has 0 saturated heterocycles. The number of non-ortho nitro benzene ring substituents is 1. The normalized spacial score (nSPS) is 12.5. The Balaban J connectivity index is 3.07. The van der Waals surface area contributed by atoms with E-state index in [0.29, 0.717) is 11.0 Å². The van der Waals surface area contributed by atoms with Crippen molar-refractivity contribution < 1.29 is 10.0 Å². The number of hydrogen-bond donors (Lipinski definition) is 2. The summed E-state index contributed by atoms with van der Waals surface area (Å²) in [6.07, 6.45) is 0. The van der Waals surface area contributed by atoms with Crippen molar-refractivity contribution in [3.05, 3.63) is 38.3 Å². The summed E-state index contributed by atoms with van der Waals surface area (Å²) in [5, 5.41) is 19.5. The largest absolute Gasteiger partial charge is 0.396 e. The molecule has 0 aliphatic carbocycles. The van der Waals surface area contributed by atoms with Gasteiger partial charge in [0.2, 0.25) is 0 Å². The van der Waals surface area contributed by atoms with Crippen LogP contribution in [-0.2, 0) is 0 Å². The van der Waals surface area contributed by atoms with E-state index in [-0.39, 0.29) is 18.2 Å². The molecule has 1 unspecified atom stereocenters. The number of aliphatic hydroxyl groups is 1. The van der Waals surface area contributed by atoms with Crippen LogP contribution in [0.4, 0.5) is 5.69 Å². The second kappa shape index (κ2) is 5.20. The van der Waals surface area contributed by atoms with Crippen LogP contribution in [0.25, 0.3) is 0 Å². The molecular formula is C9H11BrN2O3. The third-order valence-corrected chi connectivity index (χ3v) is 2.83. The lowest BCUT2D eigenvalue weighted by Gasteiger charge is -2.13. The third-order valence-electron chi connectivity index (χ3n) is 2.14. The van der Waals surface area contributed by atoms with Gasteiger partial charge in [-0.2, -0.15) is 0 Å². The van der Waals surface area contributed by atoms with Crippen LogP contribution >= 0.6 is 15.9 Å². The first-order valence-corrected chi connectivity index (χ1v) is 5.14. The first kappa shape index (κ1) is 12.1. The number of rotatable bonds is 4. The molecule has 0 saturated carbocycles. The summed E-state index contributed by atoms with van der Waals surface area (Å²) in [6, 6.07) is 4.42. The molecule has 0 heterocycles. The Bertz CT molecular complexity index is 366. The second-order valence-corrected chi connectivity index (χ2v) is 3.93. The van der Waals surface area contributed by atoms with Crippen LogP contribution in [0.3, 0.4) is 0 Å². The highest BCUT2D eigenvalue weighted by Crippen LogP contribution is 2.28. The van der Waals surface area contributed by atoms with Gasteiger partial charge in [0.15, 0.2) is 0 Å². The summed E-state index contributed by atoms with van der Waals surface area (Å²) in [5.74, 6) is -0.194. The molecule has 1 aromatic carbocycles. The molecule has 0 fully saturated rings. The van der Waals surface area contributed by atoms with Gasteiger partial charge in [-0.1, -0.05) is 22.0 Å². The van der Waals surface area contributed by atoms with Gasteiger partial charge in [-0.15, -0.1) is 0 Å². The smallest absolute Gasteiger partial charge is 0.270 e. The lowest BCUT2D eigenvalue weighted by Crippen LogP contribution is -2.16. The van der Waals surface area contributed by atoms with Gasteiger partial charge in [-0.05, 0) is 5.56 Å². The quantitative estimate of drug-likeness (QED) is 0.642. The van der Waals surface area contributed by atoms with Crippen molar-refractivity contribution in [3.8, 4) is 0 Å². The van der Waals surface area contributed by atoms with E-state index in [4.69, 9.17) is 10.8 Å². The molecule has 5 nitrogen and oxygen atoms in total. The molecule has 1 rings (SSSR count). The minimum Gasteiger partial charge on any atom is -0.396 e. The molecule has 0 aliphatic heterocycles. The summed E-state index contributed by atoms with van der Waals surface area (Å²) >= 11 is 3.23. The van der Waals surface area contributed by atoms with Crippen molar-refractivity contribution in [1.29, 1.82) is 0 Å². The predicted octanol–water partition coefficient (Wildman–Crippen LogP) is 1.39. The Hall–Kier alpha value is -0.980. The van der Waals surface area contributed by atoms with E-state index >= 15 is 0 Å². The Morgan fingerprint density at radius 3 is 2.67 bits per heavy atom. The number of nitrogens with zero attached hydrogens (tertiary/aromatic N) is 1. The Kier molecular flexibility index (Phi) is 4.19. The molecule has 0 radical (unpaired) electrons. The third kappa shape index (κ3) is 2.74. The molecule has 1 aromatic rings. The molecule has 82 valence electrons. The maximum absolute atomic E-state index is 10.5. The summed E-state index contributed by atoms with van der Waals surface area (Å²) in [7, 11) is 0. The van der Waals surface area contributed by atoms with Gasteiger partial charge in [0, 0.05) is 29.1 Å². The minimum absolute atomic E-state index is 0.0133. The predicted molar refractivity (Wildman–Crippen MR) is 59.7 cm³/mol. The van der Waals surface area contributed by atoms with Crippen molar-refractivity contribution >= 4 is 21.6 Å². The van der Waals surface area contributed by atoms with E-state index in [1.165, 1.54) is 12.1 Å². The number of hydrogen-bond acceptors (Lipinski definition) is 4. The highest BCUT2D eigenvalue weighted by atomic mass is 79.9. The number of nitrogens with two attached hydrogens (primary N) is 1. The number of nitro groups is 1. The highest BCUT2D eigenvalue weighted by Gasteiger charge is 2.15. The molecule has 0 aliphatic rings. The first-order valence-electron chi connectivity index (χ1n) is 4.35. The van der Waals surface area contributed by atoms with Crippen molar-refractivity contribution in [2.45, 2.75) is 5.92 Å². The summed E-state index contributed by atoms with van der Waals surface area (Å²) < 4.78 is 0.598. The molecule has 0 bridgehead atoms. The molecule has 1 atom stereocenters. The Labute approximate surface area is 95.2 Å². The fourth-order valence-electron chi connectivity index (χ4n) is 1.26. The standard InChI is InChI=1S/C9H11BrN2O3/c10-9-3-7(12(14)15)1-2-8(9)6(4-11)5-13/h1-3,6,13H,4-5,11H2. The summed E-state index contributed by atoms with van der Waals surface area (Å²) in [6.45, 7) is 0.222. The van der Waals surface area contributed by atoms with E-state index in [9.17, 15) is 10.1 Å². The Morgan fingerprint density at radius 1 is 1.60 bits per heavy atom. The first-order chi connectivity index (χ1) is 7.10.